The summed E-state index contributed by atoms with van der Waals surface area (Å²) in [4.78, 5) is 36.0. The van der Waals surface area contributed by atoms with Crippen molar-refractivity contribution < 1.29 is 23.5 Å². The molecular formula is C19H18FNO4. The lowest BCUT2D eigenvalue weighted by atomic mass is 9.98. The van der Waals surface area contributed by atoms with Gasteiger partial charge in [-0.1, -0.05) is 18.2 Å². The monoisotopic (exact) mass is 343 g/mol. The molecule has 0 radical (unpaired) electrons. The van der Waals surface area contributed by atoms with Crippen molar-refractivity contribution in [1.29, 1.82) is 0 Å². The second-order valence-corrected chi connectivity index (χ2v) is 5.32. The molecule has 130 valence electrons. The van der Waals surface area contributed by atoms with Crippen LogP contribution in [0.15, 0.2) is 48.5 Å². The van der Waals surface area contributed by atoms with Crippen molar-refractivity contribution in [3.63, 3.8) is 0 Å². The topological polar surface area (TPSA) is 72.5 Å². The van der Waals surface area contributed by atoms with E-state index in [1.807, 2.05) is 0 Å². The number of ketones is 1. The Labute approximate surface area is 144 Å². The van der Waals surface area contributed by atoms with Crippen LogP contribution in [0.3, 0.4) is 0 Å². The first kappa shape index (κ1) is 18.3. The number of methoxy groups -OCH3 is 1. The molecule has 25 heavy (non-hydrogen) atoms. The van der Waals surface area contributed by atoms with E-state index in [0.717, 1.165) is 0 Å². The van der Waals surface area contributed by atoms with Gasteiger partial charge in [-0.3, -0.25) is 14.4 Å². The summed E-state index contributed by atoms with van der Waals surface area (Å²) in [6.07, 6.45) is 0.638. The van der Waals surface area contributed by atoms with Crippen LogP contribution in [-0.4, -0.2) is 31.3 Å². The predicted molar refractivity (Wildman–Crippen MR) is 89.9 cm³/mol. The van der Waals surface area contributed by atoms with E-state index in [0.29, 0.717) is 12.0 Å². The van der Waals surface area contributed by atoms with E-state index >= 15 is 0 Å². The molecule has 0 spiro atoms. The Morgan fingerprint density at radius 2 is 1.64 bits per heavy atom. The zero-order chi connectivity index (χ0) is 18.2. The number of halogens is 1. The van der Waals surface area contributed by atoms with Gasteiger partial charge in [0.1, 0.15) is 5.82 Å². The van der Waals surface area contributed by atoms with Crippen LogP contribution in [0.2, 0.25) is 0 Å². The van der Waals surface area contributed by atoms with E-state index in [4.69, 9.17) is 0 Å². The molecule has 1 N–H and O–H groups in total. The van der Waals surface area contributed by atoms with Crippen LogP contribution in [0.1, 0.15) is 39.1 Å². The first-order valence-electron chi connectivity index (χ1n) is 7.77. The minimum absolute atomic E-state index is 0.201. The van der Waals surface area contributed by atoms with E-state index in [9.17, 15) is 18.8 Å². The summed E-state index contributed by atoms with van der Waals surface area (Å²) in [6, 6.07) is 11.6. The van der Waals surface area contributed by atoms with Crippen LogP contribution in [0.5, 0.6) is 0 Å². The summed E-state index contributed by atoms with van der Waals surface area (Å²) < 4.78 is 17.5. The van der Waals surface area contributed by atoms with Gasteiger partial charge >= 0.3 is 5.97 Å². The Morgan fingerprint density at radius 3 is 2.28 bits per heavy atom. The van der Waals surface area contributed by atoms with Gasteiger partial charge in [-0.05, 0) is 36.8 Å². The number of amides is 1. The van der Waals surface area contributed by atoms with E-state index in [1.54, 1.807) is 24.3 Å². The van der Waals surface area contributed by atoms with Crippen molar-refractivity contribution in [2.75, 3.05) is 13.7 Å². The second kappa shape index (κ2) is 8.73. The summed E-state index contributed by atoms with van der Waals surface area (Å²) in [5.41, 5.74) is 0.766. The fraction of sp³-hybridized carbons (Fsp3) is 0.211. The van der Waals surface area contributed by atoms with Crippen molar-refractivity contribution >= 4 is 17.7 Å². The summed E-state index contributed by atoms with van der Waals surface area (Å²) in [5.74, 6) is -1.55. The van der Waals surface area contributed by atoms with Gasteiger partial charge in [-0.2, -0.15) is 0 Å². The fourth-order valence-electron chi connectivity index (χ4n) is 2.27. The summed E-state index contributed by atoms with van der Waals surface area (Å²) in [6.45, 7) is 0.285. The third-order valence-electron chi connectivity index (χ3n) is 3.59. The van der Waals surface area contributed by atoms with E-state index in [-0.39, 0.29) is 35.8 Å². The van der Waals surface area contributed by atoms with Crippen molar-refractivity contribution in [2.24, 2.45) is 0 Å². The zero-order valence-corrected chi connectivity index (χ0v) is 13.8. The van der Waals surface area contributed by atoms with Crippen LogP contribution in [-0.2, 0) is 9.53 Å². The van der Waals surface area contributed by atoms with Crippen LogP contribution in [0, 0.1) is 5.82 Å². The van der Waals surface area contributed by atoms with Crippen LogP contribution >= 0.6 is 0 Å². The number of rotatable bonds is 7. The fourth-order valence-corrected chi connectivity index (χ4v) is 2.27. The minimum atomic E-state index is -0.437. The third-order valence-corrected chi connectivity index (χ3v) is 3.59. The van der Waals surface area contributed by atoms with Gasteiger partial charge in [-0.25, -0.2) is 4.39 Å². The van der Waals surface area contributed by atoms with E-state index < -0.39 is 11.7 Å². The van der Waals surface area contributed by atoms with E-state index in [2.05, 4.69) is 10.1 Å². The highest BCUT2D eigenvalue weighted by Crippen LogP contribution is 2.15. The summed E-state index contributed by atoms with van der Waals surface area (Å²) in [5, 5.41) is 2.68. The summed E-state index contributed by atoms with van der Waals surface area (Å²) >= 11 is 0. The molecule has 0 fully saturated rings. The zero-order valence-electron chi connectivity index (χ0n) is 13.8. The van der Waals surface area contributed by atoms with Crippen LogP contribution in [0.25, 0.3) is 0 Å². The maximum absolute atomic E-state index is 13.0. The molecule has 0 aliphatic heterocycles. The molecule has 0 aliphatic carbocycles. The number of esters is 1. The molecule has 0 heterocycles. The van der Waals surface area contributed by atoms with Gasteiger partial charge < -0.3 is 10.1 Å². The van der Waals surface area contributed by atoms with Gasteiger partial charge in [-0.15, -0.1) is 0 Å². The molecule has 0 aromatic heterocycles. The number of carbonyl (C=O) groups is 3. The molecule has 2 rings (SSSR count). The first-order chi connectivity index (χ1) is 12.0. The molecule has 5 nitrogen and oxygen atoms in total. The summed E-state index contributed by atoms with van der Waals surface area (Å²) in [7, 11) is 1.30. The molecular weight excluding hydrogens is 325 g/mol. The highest BCUT2D eigenvalue weighted by atomic mass is 19.1. The number of nitrogens with one attached hydrogen (secondary N) is 1. The third kappa shape index (κ3) is 4.97. The van der Waals surface area contributed by atoms with Gasteiger partial charge in [0, 0.05) is 24.1 Å². The molecule has 0 saturated carbocycles. The lowest BCUT2D eigenvalue weighted by Gasteiger charge is -2.09. The predicted octanol–water partition coefficient (Wildman–Crippen LogP) is 2.74. The number of hydrogen-bond donors (Lipinski definition) is 1. The minimum Gasteiger partial charge on any atom is -0.469 e. The molecule has 0 bridgehead atoms. The number of carbonyl (C=O) groups excluding carboxylic acids is 3. The number of ether oxygens (including phenoxy) is 1. The average Bonchev–Trinajstić information content (AvgIpc) is 2.64. The first-order valence-corrected chi connectivity index (χ1v) is 7.77. The smallest absolute Gasteiger partial charge is 0.305 e. The molecule has 0 unspecified atom stereocenters. The van der Waals surface area contributed by atoms with Crippen molar-refractivity contribution in [3.05, 3.63) is 71.0 Å². The largest absolute Gasteiger partial charge is 0.469 e. The lowest BCUT2D eigenvalue weighted by molar-refractivity contribution is -0.140. The quantitative estimate of drug-likeness (QED) is 0.477. The van der Waals surface area contributed by atoms with Gasteiger partial charge in [0.05, 0.1) is 12.7 Å². The van der Waals surface area contributed by atoms with Crippen molar-refractivity contribution in [2.45, 2.75) is 12.8 Å². The Hall–Kier alpha value is -3.02. The Kier molecular flexibility index (Phi) is 6.39. The molecule has 6 heteroatoms. The van der Waals surface area contributed by atoms with E-state index in [1.165, 1.54) is 31.4 Å². The lowest BCUT2D eigenvalue weighted by Crippen LogP contribution is -2.26. The highest BCUT2D eigenvalue weighted by molar-refractivity contribution is 6.15. The van der Waals surface area contributed by atoms with Crippen molar-refractivity contribution in [3.8, 4) is 0 Å². The molecule has 0 aliphatic rings. The molecule has 2 aromatic carbocycles. The molecule has 0 saturated heterocycles. The maximum Gasteiger partial charge on any atom is 0.305 e. The molecule has 2 aromatic rings. The Balaban J connectivity index is 2.09. The van der Waals surface area contributed by atoms with Crippen LogP contribution < -0.4 is 5.32 Å². The van der Waals surface area contributed by atoms with Gasteiger partial charge in [0.25, 0.3) is 5.91 Å². The Morgan fingerprint density at radius 1 is 1.00 bits per heavy atom. The highest BCUT2D eigenvalue weighted by Gasteiger charge is 2.17. The SMILES string of the molecule is COC(=O)CCCNC(=O)c1ccccc1C(=O)c1ccc(F)cc1. The number of hydrogen-bond acceptors (Lipinski definition) is 4. The number of benzene rings is 2. The van der Waals surface area contributed by atoms with Crippen molar-refractivity contribution in [1.82, 2.24) is 5.32 Å². The standard InChI is InChI=1S/C19H18FNO4/c1-25-17(22)7-4-12-21-19(24)16-6-3-2-5-15(16)18(23)13-8-10-14(20)11-9-13/h2-3,5-6,8-11H,4,7,12H2,1H3,(H,21,24). The second-order valence-electron chi connectivity index (χ2n) is 5.32. The normalized spacial score (nSPS) is 10.2. The molecule has 1 amide bonds. The maximum atomic E-state index is 13.0. The van der Waals surface area contributed by atoms with Gasteiger partial charge in [0.15, 0.2) is 5.78 Å². The van der Waals surface area contributed by atoms with Crippen LogP contribution in [0.4, 0.5) is 4.39 Å². The average molecular weight is 343 g/mol. The van der Waals surface area contributed by atoms with Gasteiger partial charge in [0.2, 0.25) is 0 Å². The Bertz CT molecular complexity index is 771. The molecule has 0 atom stereocenters.